The number of nitrogens with one attached hydrogen (secondary N) is 1. The predicted octanol–water partition coefficient (Wildman–Crippen LogP) is 3.93. The average Bonchev–Trinajstić information content (AvgIpc) is 3.06. The first kappa shape index (κ1) is 18.0. The number of carbonyl (C=O) groups excluding carboxylic acids is 1. The lowest BCUT2D eigenvalue weighted by Gasteiger charge is -2.61. The van der Waals surface area contributed by atoms with Gasteiger partial charge in [0.05, 0.1) is 11.7 Å². The van der Waals surface area contributed by atoms with Gasteiger partial charge in [-0.25, -0.2) is 4.98 Å². The highest BCUT2D eigenvalue weighted by Crippen LogP contribution is 2.65. The second-order valence-corrected chi connectivity index (χ2v) is 9.89. The Kier molecular flexibility index (Phi) is 4.15. The number of amides is 1. The van der Waals surface area contributed by atoms with Crippen molar-refractivity contribution in [2.75, 3.05) is 6.54 Å². The first-order valence-corrected chi connectivity index (χ1v) is 10.8. The zero-order valence-electron chi connectivity index (χ0n) is 17.1. The Bertz CT molecular complexity index is 868. The molecule has 1 aromatic heterocycles. The standard InChI is InChI=1S/C24H31N3O/c1-17-3-5-20(6-4-17)23-10-18-9-19(11-23)13-24(12-18,15-23)22(28)26-8-7-21-14-25-16-27(21)2/h3-6,14,16,18-19H,7-13,15H2,1-2H3,(H,26,28). The Labute approximate surface area is 167 Å². The van der Waals surface area contributed by atoms with Crippen LogP contribution in [0.5, 0.6) is 0 Å². The van der Waals surface area contributed by atoms with E-state index in [-0.39, 0.29) is 10.8 Å². The number of nitrogens with zero attached hydrogens (tertiary/aromatic N) is 2. The summed E-state index contributed by atoms with van der Waals surface area (Å²) in [5.74, 6) is 1.73. The molecule has 4 aliphatic carbocycles. The fourth-order valence-corrected chi connectivity index (χ4v) is 6.89. The monoisotopic (exact) mass is 377 g/mol. The maximum absolute atomic E-state index is 13.4. The molecule has 4 aliphatic rings. The molecule has 0 saturated heterocycles. The molecule has 0 aliphatic heterocycles. The van der Waals surface area contributed by atoms with Crippen LogP contribution in [0.4, 0.5) is 0 Å². The van der Waals surface area contributed by atoms with Crippen LogP contribution in [0.3, 0.4) is 0 Å². The van der Waals surface area contributed by atoms with Crippen LogP contribution in [-0.4, -0.2) is 22.0 Å². The Morgan fingerprint density at radius 1 is 1.18 bits per heavy atom. The van der Waals surface area contributed by atoms with Crippen molar-refractivity contribution >= 4 is 5.91 Å². The number of hydrogen-bond acceptors (Lipinski definition) is 2. The Morgan fingerprint density at radius 3 is 2.54 bits per heavy atom. The third-order valence-corrected chi connectivity index (χ3v) is 7.79. The van der Waals surface area contributed by atoms with Crippen molar-refractivity contribution in [2.24, 2.45) is 24.3 Å². The Balaban J connectivity index is 1.35. The molecule has 4 saturated carbocycles. The fourth-order valence-electron chi connectivity index (χ4n) is 6.89. The van der Waals surface area contributed by atoms with Gasteiger partial charge in [-0.05, 0) is 68.3 Å². The molecule has 2 aromatic rings. The van der Waals surface area contributed by atoms with Gasteiger partial charge in [-0.2, -0.15) is 0 Å². The van der Waals surface area contributed by atoms with Gasteiger partial charge in [0, 0.05) is 31.9 Å². The summed E-state index contributed by atoms with van der Waals surface area (Å²) in [6.07, 6.45) is 11.7. The molecular formula is C24H31N3O. The Hall–Kier alpha value is -2.10. The van der Waals surface area contributed by atoms with E-state index in [0.29, 0.717) is 24.3 Å². The summed E-state index contributed by atoms with van der Waals surface area (Å²) in [5.41, 5.74) is 4.02. The molecule has 1 amide bonds. The largest absolute Gasteiger partial charge is 0.355 e. The molecule has 4 heteroatoms. The summed E-state index contributed by atoms with van der Waals surface area (Å²) < 4.78 is 2.03. The maximum atomic E-state index is 13.4. The van der Waals surface area contributed by atoms with E-state index in [4.69, 9.17) is 0 Å². The normalized spacial score (nSPS) is 33.2. The van der Waals surface area contributed by atoms with Gasteiger partial charge in [-0.3, -0.25) is 4.79 Å². The summed E-state index contributed by atoms with van der Waals surface area (Å²) in [6.45, 7) is 2.85. The van der Waals surface area contributed by atoms with Crippen molar-refractivity contribution in [1.29, 1.82) is 0 Å². The smallest absolute Gasteiger partial charge is 0.226 e. The fraction of sp³-hybridized carbons (Fsp3) is 0.583. The topological polar surface area (TPSA) is 46.9 Å². The second-order valence-electron chi connectivity index (χ2n) is 9.89. The van der Waals surface area contributed by atoms with E-state index in [0.717, 1.165) is 25.7 Å². The van der Waals surface area contributed by atoms with Gasteiger partial charge in [-0.1, -0.05) is 29.8 Å². The molecule has 4 fully saturated rings. The maximum Gasteiger partial charge on any atom is 0.226 e. The van der Waals surface area contributed by atoms with Crippen molar-refractivity contribution in [1.82, 2.24) is 14.9 Å². The molecule has 148 valence electrons. The molecule has 2 unspecified atom stereocenters. The van der Waals surface area contributed by atoms with Crippen molar-refractivity contribution in [3.8, 4) is 0 Å². The van der Waals surface area contributed by atoms with Gasteiger partial charge in [0.1, 0.15) is 0 Å². The van der Waals surface area contributed by atoms with Gasteiger partial charge in [0.2, 0.25) is 5.91 Å². The third kappa shape index (κ3) is 2.89. The highest BCUT2D eigenvalue weighted by Gasteiger charge is 2.60. The highest BCUT2D eigenvalue weighted by molar-refractivity contribution is 5.83. The summed E-state index contributed by atoms with van der Waals surface area (Å²) in [7, 11) is 2.01. The van der Waals surface area contributed by atoms with Crippen LogP contribution in [0, 0.1) is 24.2 Å². The van der Waals surface area contributed by atoms with Crippen molar-refractivity contribution < 1.29 is 4.79 Å². The van der Waals surface area contributed by atoms with Crippen LogP contribution in [0.2, 0.25) is 0 Å². The first-order chi connectivity index (χ1) is 13.5. The van der Waals surface area contributed by atoms with E-state index in [1.165, 1.54) is 36.1 Å². The van der Waals surface area contributed by atoms with E-state index in [2.05, 4.69) is 41.5 Å². The van der Waals surface area contributed by atoms with Crippen LogP contribution in [0.1, 0.15) is 55.3 Å². The molecule has 4 nitrogen and oxygen atoms in total. The van der Waals surface area contributed by atoms with Gasteiger partial charge < -0.3 is 9.88 Å². The summed E-state index contributed by atoms with van der Waals surface area (Å²) >= 11 is 0. The van der Waals surface area contributed by atoms with E-state index in [1.807, 2.05) is 24.1 Å². The summed E-state index contributed by atoms with van der Waals surface area (Å²) in [6, 6.07) is 9.15. The van der Waals surface area contributed by atoms with Crippen molar-refractivity contribution in [3.05, 3.63) is 53.6 Å². The van der Waals surface area contributed by atoms with Crippen LogP contribution in [0.25, 0.3) is 0 Å². The number of imidazole rings is 1. The zero-order chi connectivity index (χ0) is 19.4. The molecule has 0 spiro atoms. The van der Waals surface area contributed by atoms with Gasteiger partial charge >= 0.3 is 0 Å². The molecule has 1 N–H and O–H groups in total. The molecule has 1 heterocycles. The van der Waals surface area contributed by atoms with Crippen LogP contribution < -0.4 is 5.32 Å². The van der Waals surface area contributed by atoms with Crippen molar-refractivity contribution in [2.45, 2.75) is 57.3 Å². The van der Waals surface area contributed by atoms with E-state index >= 15 is 0 Å². The summed E-state index contributed by atoms with van der Waals surface area (Å²) in [5, 5.41) is 3.30. The second kappa shape index (κ2) is 6.47. The number of rotatable bonds is 5. The minimum Gasteiger partial charge on any atom is -0.355 e. The molecule has 6 rings (SSSR count). The minimum absolute atomic E-state index is 0.151. The number of benzene rings is 1. The summed E-state index contributed by atoms with van der Waals surface area (Å²) in [4.78, 5) is 17.6. The molecule has 28 heavy (non-hydrogen) atoms. The van der Waals surface area contributed by atoms with Gasteiger partial charge in [0.25, 0.3) is 0 Å². The van der Waals surface area contributed by atoms with Crippen molar-refractivity contribution in [3.63, 3.8) is 0 Å². The lowest BCUT2D eigenvalue weighted by atomic mass is 9.42. The van der Waals surface area contributed by atoms with Crippen LogP contribution >= 0.6 is 0 Å². The minimum atomic E-state index is -0.151. The lowest BCUT2D eigenvalue weighted by Crippen LogP contribution is -2.59. The first-order valence-electron chi connectivity index (χ1n) is 10.8. The SMILES string of the molecule is Cc1ccc(C23CC4CC(CC(C(=O)NCCc5cncn5C)(C4)C2)C3)cc1. The molecule has 4 bridgehead atoms. The molecule has 2 atom stereocenters. The van der Waals surface area contributed by atoms with Crippen LogP contribution in [-0.2, 0) is 23.7 Å². The number of aromatic nitrogens is 2. The van der Waals surface area contributed by atoms with Gasteiger partial charge in [0.15, 0.2) is 0 Å². The lowest BCUT2D eigenvalue weighted by molar-refractivity contribution is -0.149. The highest BCUT2D eigenvalue weighted by atomic mass is 16.2. The predicted molar refractivity (Wildman–Crippen MR) is 110 cm³/mol. The number of aryl methyl sites for hydroxylation is 2. The zero-order valence-corrected chi connectivity index (χ0v) is 17.1. The number of hydrogen-bond donors (Lipinski definition) is 1. The molecular weight excluding hydrogens is 346 g/mol. The van der Waals surface area contributed by atoms with Gasteiger partial charge in [-0.15, -0.1) is 0 Å². The quantitative estimate of drug-likeness (QED) is 0.858. The number of carbonyl (C=O) groups is 1. The van der Waals surface area contributed by atoms with E-state index < -0.39 is 0 Å². The van der Waals surface area contributed by atoms with Crippen LogP contribution in [0.15, 0.2) is 36.8 Å². The van der Waals surface area contributed by atoms with E-state index in [9.17, 15) is 4.79 Å². The Morgan fingerprint density at radius 2 is 1.89 bits per heavy atom. The van der Waals surface area contributed by atoms with E-state index in [1.54, 1.807) is 0 Å². The third-order valence-electron chi connectivity index (χ3n) is 7.79. The average molecular weight is 378 g/mol. The molecule has 1 aromatic carbocycles. The molecule has 0 radical (unpaired) electrons.